The van der Waals surface area contributed by atoms with Crippen LogP contribution in [0.4, 0.5) is 5.69 Å². The molecule has 0 aliphatic rings. The summed E-state index contributed by atoms with van der Waals surface area (Å²) in [5.74, 6) is -0.631. The van der Waals surface area contributed by atoms with Crippen molar-refractivity contribution in [3.63, 3.8) is 0 Å². The van der Waals surface area contributed by atoms with Gasteiger partial charge in [0.2, 0.25) is 0 Å². The number of carboxylic acid groups (broad SMARTS) is 1. The maximum Gasteiger partial charge on any atom is 0.335 e. The molecule has 0 saturated heterocycles. The highest BCUT2D eigenvalue weighted by atomic mass is 16.5. The number of anilines is 1. The van der Waals surface area contributed by atoms with Crippen molar-refractivity contribution < 1.29 is 19.4 Å². The molecule has 2 aromatic carbocycles. The van der Waals surface area contributed by atoms with Gasteiger partial charge in [-0.15, -0.1) is 0 Å². The Kier molecular flexibility index (Phi) is 4.78. The second-order valence-electron chi connectivity index (χ2n) is 4.94. The van der Waals surface area contributed by atoms with Gasteiger partial charge in [-0.25, -0.2) is 4.79 Å². The number of carbonyl (C=O) groups is 2. The molecule has 1 amide bonds. The Bertz CT molecular complexity index is 710. The van der Waals surface area contributed by atoms with Gasteiger partial charge in [-0.3, -0.25) is 4.79 Å². The molecule has 0 atom stereocenters. The standard InChI is InChI=1S/C17H17NO4/c1-11-5-3-4-6-15(11)22-10-16(19)18-14-8-7-13(17(20)21)9-12(14)2/h3-9H,10H2,1-2H3,(H,18,19)(H,20,21). The monoisotopic (exact) mass is 299 g/mol. The molecule has 5 nitrogen and oxygen atoms in total. The lowest BCUT2D eigenvalue weighted by molar-refractivity contribution is -0.118. The zero-order valence-electron chi connectivity index (χ0n) is 12.4. The molecule has 0 heterocycles. The van der Waals surface area contributed by atoms with Crippen LogP contribution >= 0.6 is 0 Å². The number of carboxylic acids is 1. The molecule has 0 spiro atoms. The third kappa shape index (κ3) is 3.85. The third-order valence-electron chi connectivity index (χ3n) is 3.20. The first-order chi connectivity index (χ1) is 10.5. The predicted octanol–water partition coefficient (Wildman–Crippen LogP) is 3.02. The number of aryl methyl sites for hydroxylation is 2. The van der Waals surface area contributed by atoms with E-state index in [1.54, 1.807) is 19.1 Å². The molecule has 5 heteroatoms. The number of benzene rings is 2. The molecule has 114 valence electrons. The molecule has 2 rings (SSSR count). The number of para-hydroxylation sites is 1. The summed E-state index contributed by atoms with van der Waals surface area (Å²) >= 11 is 0. The number of rotatable bonds is 5. The van der Waals surface area contributed by atoms with Gasteiger partial charge in [0.05, 0.1) is 5.56 Å². The minimum absolute atomic E-state index is 0.106. The van der Waals surface area contributed by atoms with Crippen molar-refractivity contribution in [2.24, 2.45) is 0 Å². The number of nitrogens with one attached hydrogen (secondary N) is 1. The maximum atomic E-state index is 11.9. The molecule has 0 aromatic heterocycles. The second kappa shape index (κ2) is 6.76. The van der Waals surface area contributed by atoms with E-state index in [9.17, 15) is 9.59 Å². The minimum Gasteiger partial charge on any atom is -0.483 e. The molecule has 0 bridgehead atoms. The van der Waals surface area contributed by atoms with Gasteiger partial charge in [-0.2, -0.15) is 0 Å². The van der Waals surface area contributed by atoms with Gasteiger partial charge in [0, 0.05) is 5.69 Å². The first-order valence-corrected chi connectivity index (χ1v) is 6.79. The van der Waals surface area contributed by atoms with Gasteiger partial charge < -0.3 is 15.2 Å². The summed E-state index contributed by atoms with van der Waals surface area (Å²) in [4.78, 5) is 22.8. The first-order valence-electron chi connectivity index (χ1n) is 6.79. The van der Waals surface area contributed by atoms with E-state index in [0.717, 1.165) is 5.56 Å². The summed E-state index contributed by atoms with van der Waals surface area (Å²) in [6.07, 6.45) is 0. The van der Waals surface area contributed by atoms with Gasteiger partial charge in [0.15, 0.2) is 6.61 Å². The molecule has 0 radical (unpaired) electrons. The van der Waals surface area contributed by atoms with Gasteiger partial charge in [-0.1, -0.05) is 18.2 Å². The zero-order chi connectivity index (χ0) is 16.1. The van der Waals surface area contributed by atoms with E-state index >= 15 is 0 Å². The number of ether oxygens (including phenoxy) is 1. The number of carbonyl (C=O) groups excluding carboxylic acids is 1. The Hall–Kier alpha value is -2.82. The number of hydrogen-bond acceptors (Lipinski definition) is 3. The van der Waals surface area contributed by atoms with E-state index in [2.05, 4.69) is 5.32 Å². The zero-order valence-corrected chi connectivity index (χ0v) is 12.4. The maximum absolute atomic E-state index is 11.9. The van der Waals surface area contributed by atoms with E-state index in [-0.39, 0.29) is 18.1 Å². The SMILES string of the molecule is Cc1cc(C(=O)O)ccc1NC(=O)COc1ccccc1C. The van der Waals surface area contributed by atoms with Crippen LogP contribution < -0.4 is 10.1 Å². The topological polar surface area (TPSA) is 75.6 Å². The van der Waals surface area contributed by atoms with Crippen molar-refractivity contribution in [3.8, 4) is 5.75 Å². The molecule has 0 aliphatic carbocycles. The lowest BCUT2D eigenvalue weighted by Gasteiger charge is -2.11. The Labute approximate surface area is 128 Å². The van der Waals surface area contributed by atoms with Crippen LogP contribution in [0.5, 0.6) is 5.75 Å². The van der Waals surface area contributed by atoms with Crippen LogP contribution in [0.2, 0.25) is 0 Å². The van der Waals surface area contributed by atoms with E-state index < -0.39 is 5.97 Å². The molecular formula is C17H17NO4. The summed E-state index contributed by atoms with van der Waals surface area (Å²) in [5, 5.41) is 11.6. The molecule has 0 aliphatic heterocycles. The Morgan fingerprint density at radius 1 is 1.09 bits per heavy atom. The molecule has 0 unspecified atom stereocenters. The highest BCUT2D eigenvalue weighted by molar-refractivity contribution is 5.94. The second-order valence-corrected chi connectivity index (χ2v) is 4.94. The van der Waals surface area contributed by atoms with E-state index in [4.69, 9.17) is 9.84 Å². The van der Waals surface area contributed by atoms with Crippen LogP contribution in [0.15, 0.2) is 42.5 Å². The lowest BCUT2D eigenvalue weighted by atomic mass is 10.1. The van der Waals surface area contributed by atoms with Crippen LogP contribution in [-0.4, -0.2) is 23.6 Å². The highest BCUT2D eigenvalue weighted by Crippen LogP contribution is 2.18. The van der Waals surface area contributed by atoms with Crippen molar-refractivity contribution in [3.05, 3.63) is 59.2 Å². The predicted molar refractivity (Wildman–Crippen MR) is 83.4 cm³/mol. The third-order valence-corrected chi connectivity index (χ3v) is 3.20. The van der Waals surface area contributed by atoms with Gasteiger partial charge in [-0.05, 0) is 49.2 Å². The fourth-order valence-corrected chi connectivity index (χ4v) is 1.98. The fourth-order valence-electron chi connectivity index (χ4n) is 1.98. The number of hydrogen-bond donors (Lipinski definition) is 2. The van der Waals surface area contributed by atoms with Crippen molar-refractivity contribution in [2.45, 2.75) is 13.8 Å². The summed E-state index contributed by atoms with van der Waals surface area (Å²) in [6.45, 7) is 3.54. The van der Waals surface area contributed by atoms with Crippen molar-refractivity contribution >= 4 is 17.6 Å². The van der Waals surface area contributed by atoms with Gasteiger partial charge >= 0.3 is 5.97 Å². The number of aromatic carboxylic acids is 1. The molecule has 0 saturated carbocycles. The molecular weight excluding hydrogens is 282 g/mol. The minimum atomic E-state index is -0.996. The lowest BCUT2D eigenvalue weighted by Crippen LogP contribution is -2.21. The average Bonchev–Trinajstić information content (AvgIpc) is 2.48. The smallest absolute Gasteiger partial charge is 0.335 e. The Morgan fingerprint density at radius 3 is 2.45 bits per heavy atom. The highest BCUT2D eigenvalue weighted by Gasteiger charge is 2.09. The molecule has 2 aromatic rings. The summed E-state index contributed by atoms with van der Waals surface area (Å²) in [5.41, 5.74) is 2.40. The largest absolute Gasteiger partial charge is 0.483 e. The Morgan fingerprint density at radius 2 is 1.82 bits per heavy atom. The van der Waals surface area contributed by atoms with Crippen molar-refractivity contribution in [1.82, 2.24) is 0 Å². The molecule has 22 heavy (non-hydrogen) atoms. The van der Waals surface area contributed by atoms with Crippen LogP contribution in [0, 0.1) is 13.8 Å². The molecule has 0 fully saturated rings. The van der Waals surface area contributed by atoms with Crippen molar-refractivity contribution in [1.29, 1.82) is 0 Å². The van der Waals surface area contributed by atoms with Crippen molar-refractivity contribution in [2.75, 3.05) is 11.9 Å². The first kappa shape index (κ1) is 15.6. The fraction of sp³-hybridized carbons (Fsp3) is 0.176. The summed E-state index contributed by atoms with van der Waals surface area (Å²) in [7, 11) is 0. The van der Waals surface area contributed by atoms with E-state index in [1.807, 2.05) is 25.1 Å². The van der Waals surface area contributed by atoms with Crippen LogP contribution in [0.25, 0.3) is 0 Å². The van der Waals surface area contributed by atoms with Gasteiger partial charge in [0.25, 0.3) is 5.91 Å². The summed E-state index contributed by atoms with van der Waals surface area (Å²) in [6, 6.07) is 12.0. The normalized spacial score (nSPS) is 10.1. The van der Waals surface area contributed by atoms with Gasteiger partial charge in [0.1, 0.15) is 5.75 Å². The van der Waals surface area contributed by atoms with Crippen LogP contribution in [0.1, 0.15) is 21.5 Å². The molecule has 2 N–H and O–H groups in total. The average molecular weight is 299 g/mol. The van der Waals surface area contributed by atoms with Crippen LogP contribution in [0.3, 0.4) is 0 Å². The van der Waals surface area contributed by atoms with E-state index in [1.165, 1.54) is 12.1 Å². The Balaban J connectivity index is 1.98. The van der Waals surface area contributed by atoms with Crippen LogP contribution in [-0.2, 0) is 4.79 Å². The quantitative estimate of drug-likeness (QED) is 0.890. The van der Waals surface area contributed by atoms with E-state index in [0.29, 0.717) is 17.0 Å². The number of amides is 1. The summed E-state index contributed by atoms with van der Waals surface area (Å²) < 4.78 is 5.47.